The summed E-state index contributed by atoms with van der Waals surface area (Å²) in [4.78, 5) is 4.17. The number of nitrogens with zero attached hydrogens (tertiary/aromatic N) is 1. The monoisotopic (exact) mass is 193 g/mol. The first-order valence-corrected chi connectivity index (χ1v) is 4.96. The fraction of sp³-hybridized carbons (Fsp3) is 0.364. The minimum absolute atomic E-state index is 0.218. The molecule has 1 atom stereocenters. The predicted octanol–water partition coefficient (Wildman–Crippen LogP) is 3.17. The van der Waals surface area contributed by atoms with Crippen LogP contribution in [0.25, 0.3) is 5.57 Å². The molecule has 0 aromatic carbocycles. The van der Waals surface area contributed by atoms with Gasteiger partial charge < -0.3 is 0 Å². The van der Waals surface area contributed by atoms with E-state index in [2.05, 4.69) is 24.1 Å². The van der Waals surface area contributed by atoms with Crippen LogP contribution in [0.3, 0.4) is 0 Å². The fourth-order valence-corrected chi connectivity index (χ4v) is 1.91. The smallest absolute Gasteiger partial charge is 0.0525 e. The maximum absolute atomic E-state index is 6.00. The van der Waals surface area contributed by atoms with Crippen molar-refractivity contribution in [3.05, 3.63) is 35.7 Å². The molecule has 0 amide bonds. The molecule has 1 unspecified atom stereocenters. The van der Waals surface area contributed by atoms with Crippen LogP contribution in [0.1, 0.15) is 24.0 Å². The molecule has 0 fully saturated rings. The number of alkyl halides is 1. The Hall–Kier alpha value is -0.820. The van der Waals surface area contributed by atoms with Crippen molar-refractivity contribution < 1.29 is 0 Å². The van der Waals surface area contributed by atoms with Gasteiger partial charge in [-0.2, -0.15) is 0 Å². The highest BCUT2D eigenvalue weighted by Gasteiger charge is 2.14. The standard InChI is InChI=1S/C11H12ClN/c1-8-4-10(7-13-6-8)9-2-3-11(12)5-9/h4-7,11H,2-3H2,1H3. The summed E-state index contributed by atoms with van der Waals surface area (Å²) in [6, 6.07) is 2.16. The summed E-state index contributed by atoms with van der Waals surface area (Å²) in [5.74, 6) is 0. The number of rotatable bonds is 1. The first-order chi connectivity index (χ1) is 6.25. The maximum Gasteiger partial charge on any atom is 0.0525 e. The van der Waals surface area contributed by atoms with Crippen LogP contribution < -0.4 is 0 Å². The van der Waals surface area contributed by atoms with E-state index < -0.39 is 0 Å². The first kappa shape index (κ1) is 8.76. The second-order valence-electron chi connectivity index (χ2n) is 3.50. The van der Waals surface area contributed by atoms with E-state index in [1.807, 2.05) is 12.4 Å². The van der Waals surface area contributed by atoms with Gasteiger partial charge in [0.2, 0.25) is 0 Å². The van der Waals surface area contributed by atoms with Gasteiger partial charge in [-0.15, -0.1) is 11.6 Å². The number of pyridine rings is 1. The lowest BCUT2D eigenvalue weighted by Crippen LogP contribution is -1.84. The molecule has 13 heavy (non-hydrogen) atoms. The molecular formula is C11H12ClN. The van der Waals surface area contributed by atoms with E-state index in [1.165, 1.54) is 16.7 Å². The van der Waals surface area contributed by atoms with Gasteiger partial charge >= 0.3 is 0 Å². The van der Waals surface area contributed by atoms with Crippen molar-refractivity contribution in [2.24, 2.45) is 0 Å². The van der Waals surface area contributed by atoms with Gasteiger partial charge in [-0.05, 0) is 42.5 Å². The Kier molecular flexibility index (Phi) is 2.36. The van der Waals surface area contributed by atoms with E-state index in [0.717, 1.165) is 12.8 Å². The molecule has 0 aliphatic heterocycles. The summed E-state index contributed by atoms with van der Waals surface area (Å²) in [7, 11) is 0. The summed E-state index contributed by atoms with van der Waals surface area (Å²) >= 11 is 6.00. The molecule has 1 aliphatic rings. The van der Waals surface area contributed by atoms with Gasteiger partial charge in [-0.3, -0.25) is 4.98 Å². The summed E-state index contributed by atoms with van der Waals surface area (Å²) in [5, 5.41) is 0.218. The Bertz CT molecular complexity index is 344. The molecule has 0 radical (unpaired) electrons. The second-order valence-corrected chi connectivity index (χ2v) is 4.06. The van der Waals surface area contributed by atoms with E-state index in [4.69, 9.17) is 11.6 Å². The van der Waals surface area contributed by atoms with Crippen molar-refractivity contribution in [1.82, 2.24) is 4.98 Å². The zero-order valence-corrected chi connectivity index (χ0v) is 8.38. The number of allylic oxidation sites excluding steroid dienone is 2. The molecule has 0 saturated carbocycles. The average molecular weight is 194 g/mol. The molecule has 0 saturated heterocycles. The van der Waals surface area contributed by atoms with E-state index in [1.54, 1.807) is 0 Å². The van der Waals surface area contributed by atoms with Crippen LogP contribution in [-0.2, 0) is 0 Å². The number of halogens is 1. The fourth-order valence-electron chi connectivity index (χ4n) is 1.65. The molecule has 1 heterocycles. The van der Waals surface area contributed by atoms with Crippen molar-refractivity contribution >= 4 is 17.2 Å². The van der Waals surface area contributed by atoms with E-state index in [0.29, 0.717) is 0 Å². The summed E-state index contributed by atoms with van der Waals surface area (Å²) in [6.07, 6.45) is 8.06. The lowest BCUT2D eigenvalue weighted by atomic mass is 10.1. The molecular weight excluding hydrogens is 182 g/mol. The first-order valence-electron chi connectivity index (χ1n) is 4.52. The minimum Gasteiger partial charge on any atom is -0.264 e. The van der Waals surface area contributed by atoms with Crippen molar-refractivity contribution in [3.8, 4) is 0 Å². The van der Waals surface area contributed by atoms with Crippen LogP contribution in [0, 0.1) is 6.92 Å². The van der Waals surface area contributed by atoms with Gasteiger partial charge in [-0.1, -0.05) is 6.08 Å². The van der Waals surface area contributed by atoms with Crippen molar-refractivity contribution in [2.45, 2.75) is 25.1 Å². The van der Waals surface area contributed by atoms with E-state index in [-0.39, 0.29) is 5.38 Å². The van der Waals surface area contributed by atoms with Crippen LogP contribution in [-0.4, -0.2) is 10.4 Å². The zero-order valence-electron chi connectivity index (χ0n) is 7.63. The number of hydrogen-bond acceptors (Lipinski definition) is 1. The Labute approximate surface area is 83.4 Å². The van der Waals surface area contributed by atoms with Crippen LogP contribution in [0.2, 0.25) is 0 Å². The highest BCUT2D eigenvalue weighted by Crippen LogP contribution is 2.30. The van der Waals surface area contributed by atoms with Gasteiger partial charge in [0.1, 0.15) is 0 Å². The van der Waals surface area contributed by atoms with Crippen molar-refractivity contribution in [2.75, 3.05) is 0 Å². The predicted molar refractivity (Wildman–Crippen MR) is 55.8 cm³/mol. The van der Waals surface area contributed by atoms with Crippen LogP contribution in [0.15, 0.2) is 24.5 Å². The van der Waals surface area contributed by atoms with Crippen LogP contribution in [0.4, 0.5) is 0 Å². The molecule has 0 bridgehead atoms. The Morgan fingerprint density at radius 3 is 2.92 bits per heavy atom. The van der Waals surface area contributed by atoms with Gasteiger partial charge in [0, 0.05) is 12.4 Å². The molecule has 1 nitrogen and oxygen atoms in total. The second kappa shape index (κ2) is 3.51. The van der Waals surface area contributed by atoms with Crippen LogP contribution >= 0.6 is 11.6 Å². The normalized spacial score (nSPS) is 21.7. The highest BCUT2D eigenvalue weighted by atomic mass is 35.5. The number of hydrogen-bond donors (Lipinski definition) is 0. The Morgan fingerprint density at radius 2 is 2.31 bits per heavy atom. The zero-order chi connectivity index (χ0) is 9.26. The molecule has 0 N–H and O–H groups in total. The molecule has 68 valence electrons. The topological polar surface area (TPSA) is 12.9 Å². The van der Waals surface area contributed by atoms with Gasteiger partial charge in [0.15, 0.2) is 0 Å². The number of aromatic nitrogens is 1. The van der Waals surface area contributed by atoms with Crippen molar-refractivity contribution in [1.29, 1.82) is 0 Å². The average Bonchev–Trinajstić information content (AvgIpc) is 2.52. The van der Waals surface area contributed by atoms with Gasteiger partial charge in [0.05, 0.1) is 5.38 Å². The largest absolute Gasteiger partial charge is 0.264 e. The summed E-state index contributed by atoms with van der Waals surface area (Å²) in [6.45, 7) is 2.06. The third-order valence-corrected chi connectivity index (χ3v) is 2.66. The Balaban J connectivity index is 2.31. The van der Waals surface area contributed by atoms with Crippen LogP contribution in [0.5, 0.6) is 0 Å². The third kappa shape index (κ3) is 1.92. The molecule has 1 aliphatic carbocycles. The van der Waals surface area contributed by atoms with E-state index in [9.17, 15) is 0 Å². The Morgan fingerprint density at radius 1 is 1.46 bits per heavy atom. The van der Waals surface area contributed by atoms with E-state index >= 15 is 0 Å². The quantitative estimate of drug-likeness (QED) is 0.625. The molecule has 1 aromatic heterocycles. The molecule has 1 aromatic rings. The molecule has 2 heteroatoms. The summed E-state index contributed by atoms with van der Waals surface area (Å²) in [5.41, 5.74) is 3.77. The van der Waals surface area contributed by atoms with Gasteiger partial charge in [-0.25, -0.2) is 0 Å². The molecule has 2 rings (SSSR count). The summed E-state index contributed by atoms with van der Waals surface area (Å²) < 4.78 is 0. The lowest BCUT2D eigenvalue weighted by molar-refractivity contribution is 0.941. The third-order valence-electron chi connectivity index (χ3n) is 2.32. The highest BCUT2D eigenvalue weighted by molar-refractivity contribution is 6.22. The molecule has 0 spiro atoms. The number of aryl methyl sites for hydroxylation is 1. The van der Waals surface area contributed by atoms with Gasteiger partial charge in [0.25, 0.3) is 0 Å². The SMILES string of the molecule is Cc1cncc(C2=CC(Cl)CC2)c1. The van der Waals surface area contributed by atoms with Crippen molar-refractivity contribution in [3.63, 3.8) is 0 Å². The lowest BCUT2D eigenvalue weighted by Gasteiger charge is -2.01. The minimum atomic E-state index is 0.218. The maximum atomic E-state index is 6.00.